The Hall–Kier alpha value is -1.84. The van der Waals surface area contributed by atoms with Crippen molar-refractivity contribution in [3.05, 3.63) is 33.9 Å². The third-order valence-corrected chi connectivity index (χ3v) is 3.33. The number of aliphatic carboxylic acids is 2. The van der Waals surface area contributed by atoms with E-state index in [1.165, 1.54) is 0 Å². The highest BCUT2D eigenvalue weighted by Crippen LogP contribution is 2.27. The molecular weight excluding hydrogens is 220 g/mol. The van der Waals surface area contributed by atoms with Crippen LogP contribution in [0.4, 0.5) is 0 Å². The van der Waals surface area contributed by atoms with Crippen LogP contribution in [-0.2, 0) is 9.59 Å². The van der Waals surface area contributed by atoms with Gasteiger partial charge in [-0.05, 0) is 55.5 Å². The third-order valence-electron chi connectivity index (χ3n) is 3.33. The van der Waals surface area contributed by atoms with Crippen LogP contribution in [0.25, 0.3) is 0 Å². The molecule has 0 saturated heterocycles. The Balaban J connectivity index is 3.50. The van der Waals surface area contributed by atoms with Crippen LogP contribution in [0, 0.1) is 27.7 Å². The Bertz CT molecular complexity index is 475. The molecule has 0 heterocycles. The lowest BCUT2D eigenvalue weighted by atomic mass is 9.88. The fraction of sp³-hybridized carbons (Fsp3) is 0.385. The van der Waals surface area contributed by atoms with E-state index in [1.807, 2.05) is 20.8 Å². The van der Waals surface area contributed by atoms with Gasteiger partial charge in [0.1, 0.15) is 0 Å². The lowest BCUT2D eigenvalue weighted by Crippen LogP contribution is -2.22. The van der Waals surface area contributed by atoms with Crippen molar-refractivity contribution in [2.75, 3.05) is 0 Å². The maximum Gasteiger partial charge on any atom is 0.322 e. The molecule has 4 heteroatoms. The molecule has 0 spiro atoms. The van der Waals surface area contributed by atoms with Crippen LogP contribution < -0.4 is 0 Å². The van der Waals surface area contributed by atoms with Crippen molar-refractivity contribution in [1.82, 2.24) is 0 Å². The zero-order valence-corrected chi connectivity index (χ0v) is 10.4. The van der Waals surface area contributed by atoms with Crippen molar-refractivity contribution in [2.24, 2.45) is 0 Å². The lowest BCUT2D eigenvalue weighted by molar-refractivity contribution is -0.150. The molecule has 0 saturated carbocycles. The lowest BCUT2D eigenvalue weighted by Gasteiger charge is -2.17. The Morgan fingerprint density at radius 1 is 0.941 bits per heavy atom. The van der Waals surface area contributed by atoms with E-state index in [4.69, 9.17) is 10.2 Å². The highest BCUT2D eigenvalue weighted by molar-refractivity contribution is 5.99. The molecule has 92 valence electrons. The van der Waals surface area contributed by atoms with Crippen molar-refractivity contribution in [1.29, 1.82) is 0 Å². The van der Waals surface area contributed by atoms with Crippen molar-refractivity contribution in [2.45, 2.75) is 33.6 Å². The van der Waals surface area contributed by atoms with Gasteiger partial charge in [0.15, 0.2) is 5.92 Å². The average Bonchev–Trinajstić information content (AvgIpc) is 2.21. The van der Waals surface area contributed by atoms with Crippen LogP contribution in [0.2, 0.25) is 0 Å². The summed E-state index contributed by atoms with van der Waals surface area (Å²) in [6, 6.07) is 1.66. The molecule has 1 aromatic rings. The number of hydrogen-bond acceptors (Lipinski definition) is 2. The van der Waals surface area contributed by atoms with Gasteiger partial charge in [-0.2, -0.15) is 0 Å². The predicted molar refractivity (Wildman–Crippen MR) is 63.4 cm³/mol. The second kappa shape index (κ2) is 4.57. The van der Waals surface area contributed by atoms with E-state index in [9.17, 15) is 9.59 Å². The molecular formula is C13H16O4. The molecule has 0 amide bonds. The Morgan fingerprint density at radius 2 is 1.41 bits per heavy atom. The van der Waals surface area contributed by atoms with E-state index in [2.05, 4.69) is 0 Å². The summed E-state index contributed by atoms with van der Waals surface area (Å²) >= 11 is 0. The van der Waals surface area contributed by atoms with Crippen molar-refractivity contribution < 1.29 is 19.8 Å². The van der Waals surface area contributed by atoms with Crippen LogP contribution in [0.15, 0.2) is 6.07 Å². The Kier molecular flexibility index (Phi) is 3.56. The van der Waals surface area contributed by atoms with Crippen LogP contribution in [-0.4, -0.2) is 22.2 Å². The minimum atomic E-state index is -1.49. The summed E-state index contributed by atoms with van der Waals surface area (Å²) in [5.74, 6) is -4.15. The standard InChI is InChI=1S/C13H16O4/c1-6-5-10(9(4)8(3)7(6)2)11(12(14)15)13(16)17/h5,11H,1-4H3,(H,14,15)(H,16,17). The van der Waals surface area contributed by atoms with Crippen molar-refractivity contribution >= 4 is 11.9 Å². The fourth-order valence-corrected chi connectivity index (χ4v) is 1.91. The SMILES string of the molecule is Cc1cc(C(C(=O)O)C(=O)O)c(C)c(C)c1C. The molecule has 0 aromatic heterocycles. The molecule has 0 aliphatic heterocycles. The fourth-order valence-electron chi connectivity index (χ4n) is 1.91. The van der Waals surface area contributed by atoms with Gasteiger partial charge in [0.05, 0.1) is 0 Å². The van der Waals surface area contributed by atoms with Crippen molar-refractivity contribution in [3.8, 4) is 0 Å². The third kappa shape index (κ3) is 2.30. The largest absolute Gasteiger partial charge is 0.480 e. The van der Waals surface area contributed by atoms with Crippen LogP contribution in [0.3, 0.4) is 0 Å². The molecule has 1 aromatic carbocycles. The minimum Gasteiger partial charge on any atom is -0.480 e. The highest BCUT2D eigenvalue weighted by atomic mass is 16.4. The van der Waals surface area contributed by atoms with E-state index in [1.54, 1.807) is 13.0 Å². The summed E-state index contributed by atoms with van der Waals surface area (Å²) in [4.78, 5) is 22.0. The number of carboxylic acid groups (broad SMARTS) is 2. The zero-order chi connectivity index (χ0) is 13.3. The average molecular weight is 236 g/mol. The van der Waals surface area contributed by atoms with Crippen LogP contribution in [0.1, 0.15) is 33.7 Å². The molecule has 0 radical (unpaired) electrons. The number of aryl methyl sites for hydroxylation is 1. The van der Waals surface area contributed by atoms with E-state index in [0.717, 1.165) is 22.3 Å². The van der Waals surface area contributed by atoms with Gasteiger partial charge in [-0.25, -0.2) is 0 Å². The van der Waals surface area contributed by atoms with Gasteiger partial charge < -0.3 is 10.2 Å². The maximum atomic E-state index is 11.0. The highest BCUT2D eigenvalue weighted by Gasteiger charge is 2.30. The summed E-state index contributed by atoms with van der Waals surface area (Å²) in [6.45, 7) is 7.43. The second-order valence-electron chi connectivity index (χ2n) is 4.27. The summed E-state index contributed by atoms with van der Waals surface area (Å²) in [5.41, 5.74) is 4.04. The first-order chi connectivity index (χ1) is 7.77. The molecule has 0 aliphatic carbocycles. The van der Waals surface area contributed by atoms with Crippen molar-refractivity contribution in [3.63, 3.8) is 0 Å². The van der Waals surface area contributed by atoms with Gasteiger partial charge >= 0.3 is 11.9 Å². The zero-order valence-electron chi connectivity index (χ0n) is 10.4. The van der Waals surface area contributed by atoms with Gasteiger partial charge in [0, 0.05) is 0 Å². The van der Waals surface area contributed by atoms with E-state index in [0.29, 0.717) is 5.56 Å². The molecule has 0 aliphatic rings. The molecule has 0 atom stereocenters. The molecule has 17 heavy (non-hydrogen) atoms. The molecule has 0 fully saturated rings. The Morgan fingerprint density at radius 3 is 1.82 bits per heavy atom. The van der Waals surface area contributed by atoms with Gasteiger partial charge in [-0.15, -0.1) is 0 Å². The van der Waals surface area contributed by atoms with Crippen LogP contribution in [0.5, 0.6) is 0 Å². The molecule has 0 unspecified atom stereocenters. The van der Waals surface area contributed by atoms with Crippen LogP contribution >= 0.6 is 0 Å². The van der Waals surface area contributed by atoms with E-state index >= 15 is 0 Å². The number of carboxylic acids is 2. The monoisotopic (exact) mass is 236 g/mol. The molecule has 4 nitrogen and oxygen atoms in total. The first-order valence-corrected chi connectivity index (χ1v) is 5.30. The molecule has 2 N–H and O–H groups in total. The van der Waals surface area contributed by atoms with Gasteiger partial charge in [0.25, 0.3) is 0 Å². The topological polar surface area (TPSA) is 74.6 Å². The summed E-state index contributed by atoms with van der Waals surface area (Å²) in [5, 5.41) is 18.0. The van der Waals surface area contributed by atoms with Gasteiger partial charge in [-0.1, -0.05) is 6.07 Å². The predicted octanol–water partition coefficient (Wildman–Crippen LogP) is 2.17. The Labute approximate surface area is 99.9 Å². The maximum absolute atomic E-state index is 11.0. The summed E-state index contributed by atoms with van der Waals surface area (Å²) in [7, 11) is 0. The molecule has 0 bridgehead atoms. The quantitative estimate of drug-likeness (QED) is 0.789. The number of rotatable bonds is 3. The van der Waals surface area contributed by atoms with E-state index in [-0.39, 0.29) is 0 Å². The summed E-state index contributed by atoms with van der Waals surface area (Å²) < 4.78 is 0. The smallest absolute Gasteiger partial charge is 0.322 e. The summed E-state index contributed by atoms with van der Waals surface area (Å²) in [6.07, 6.45) is 0. The van der Waals surface area contributed by atoms with Gasteiger partial charge in [0.2, 0.25) is 0 Å². The normalized spacial score (nSPS) is 10.6. The minimum absolute atomic E-state index is 0.366. The first kappa shape index (κ1) is 13.2. The second-order valence-corrected chi connectivity index (χ2v) is 4.27. The number of hydrogen-bond donors (Lipinski definition) is 2. The first-order valence-electron chi connectivity index (χ1n) is 5.30. The number of benzene rings is 1. The van der Waals surface area contributed by atoms with Gasteiger partial charge in [-0.3, -0.25) is 9.59 Å². The number of carbonyl (C=O) groups is 2. The van der Waals surface area contributed by atoms with E-state index < -0.39 is 17.9 Å². The molecule has 1 rings (SSSR count).